The molecular weight excluding hydrogens is 222 g/mol. The lowest BCUT2D eigenvalue weighted by molar-refractivity contribution is -0.937. The van der Waals surface area contributed by atoms with Crippen LogP contribution >= 0.6 is 0 Å². The van der Waals surface area contributed by atoms with E-state index in [2.05, 4.69) is 44.2 Å². The van der Waals surface area contributed by atoms with E-state index < -0.39 is 0 Å². The minimum Gasteiger partial charge on any atom is -0.320 e. The van der Waals surface area contributed by atoms with Crippen LogP contribution < -0.4 is 0 Å². The number of benzene rings is 1. The average Bonchev–Trinajstić information content (AvgIpc) is 2.38. The van der Waals surface area contributed by atoms with Crippen LogP contribution in [0.3, 0.4) is 0 Å². The van der Waals surface area contributed by atoms with Crippen LogP contribution in [-0.4, -0.2) is 29.9 Å². The summed E-state index contributed by atoms with van der Waals surface area (Å²) in [7, 11) is 0. The molecule has 0 fully saturated rings. The predicted octanol–water partition coefficient (Wildman–Crippen LogP) is 3.41. The summed E-state index contributed by atoms with van der Waals surface area (Å²) in [4.78, 5) is 11.1. The van der Waals surface area contributed by atoms with Crippen molar-refractivity contribution >= 4 is 5.78 Å². The fourth-order valence-corrected chi connectivity index (χ4v) is 2.48. The number of carbonyl (C=O) groups is 1. The third kappa shape index (κ3) is 4.61. The molecule has 0 aliphatic carbocycles. The van der Waals surface area contributed by atoms with Gasteiger partial charge >= 0.3 is 0 Å². The van der Waals surface area contributed by atoms with Gasteiger partial charge in [0.15, 0.2) is 0 Å². The number of hydrogen-bond acceptors (Lipinski definition) is 1. The summed E-state index contributed by atoms with van der Waals surface area (Å²) < 4.78 is 1.08. The molecule has 0 bridgehead atoms. The number of carbonyl (C=O) groups excluding carboxylic acids is 1. The third-order valence-corrected chi connectivity index (χ3v) is 3.86. The zero-order valence-electron chi connectivity index (χ0n) is 12.0. The molecule has 1 rings (SSSR count). The topological polar surface area (TPSA) is 17.1 Å². The summed E-state index contributed by atoms with van der Waals surface area (Å²) in [5.74, 6) is 0.306. The number of nitrogens with zero attached hydrogens (tertiary/aromatic N) is 1. The van der Waals surface area contributed by atoms with E-state index in [0.717, 1.165) is 43.5 Å². The standard InChI is InChI=1S/C16H26NO/c1-4-17(5-2,13-9-10-15(3)18)14-16-11-7-6-8-12-16/h6-8,11-12H,4-5,9-10,13-14H2,1-3H3/q+1. The quantitative estimate of drug-likeness (QED) is 0.644. The van der Waals surface area contributed by atoms with Crippen molar-refractivity contribution < 1.29 is 9.28 Å². The maximum Gasteiger partial charge on any atom is 0.130 e. The Morgan fingerprint density at radius 3 is 2.22 bits per heavy atom. The molecule has 2 nitrogen and oxygen atoms in total. The molecule has 0 atom stereocenters. The fraction of sp³-hybridized carbons (Fsp3) is 0.562. The Morgan fingerprint density at radius 2 is 1.72 bits per heavy atom. The Balaban J connectivity index is 2.64. The number of rotatable bonds is 8. The fourth-order valence-electron chi connectivity index (χ4n) is 2.48. The van der Waals surface area contributed by atoms with Crippen LogP contribution in [0, 0.1) is 0 Å². The highest BCUT2D eigenvalue weighted by Gasteiger charge is 2.23. The van der Waals surface area contributed by atoms with Gasteiger partial charge in [-0.15, -0.1) is 0 Å². The molecule has 0 saturated heterocycles. The second kappa shape index (κ2) is 7.32. The molecule has 2 heteroatoms. The molecule has 0 aliphatic heterocycles. The van der Waals surface area contributed by atoms with Gasteiger partial charge in [-0.3, -0.25) is 0 Å². The van der Waals surface area contributed by atoms with Crippen molar-refractivity contribution in [3.05, 3.63) is 35.9 Å². The van der Waals surface area contributed by atoms with Crippen LogP contribution in [0.1, 0.15) is 39.2 Å². The van der Waals surface area contributed by atoms with Crippen LogP contribution in [0.4, 0.5) is 0 Å². The Kier molecular flexibility index (Phi) is 6.06. The highest BCUT2D eigenvalue weighted by atomic mass is 16.1. The monoisotopic (exact) mass is 248 g/mol. The van der Waals surface area contributed by atoms with Gasteiger partial charge in [-0.2, -0.15) is 0 Å². The highest BCUT2D eigenvalue weighted by molar-refractivity contribution is 5.75. The first-order valence-electron chi connectivity index (χ1n) is 7.00. The molecule has 100 valence electrons. The van der Waals surface area contributed by atoms with E-state index >= 15 is 0 Å². The molecule has 0 unspecified atom stereocenters. The van der Waals surface area contributed by atoms with E-state index in [9.17, 15) is 4.79 Å². The Labute approximate surface area is 111 Å². The van der Waals surface area contributed by atoms with Crippen molar-refractivity contribution in [2.45, 2.75) is 40.2 Å². The van der Waals surface area contributed by atoms with Gasteiger partial charge in [0, 0.05) is 18.4 Å². The first-order valence-corrected chi connectivity index (χ1v) is 7.00. The zero-order chi connectivity index (χ0) is 13.4. The minimum atomic E-state index is 0.306. The maximum atomic E-state index is 11.1. The van der Waals surface area contributed by atoms with E-state index in [1.165, 1.54) is 5.56 Å². The predicted molar refractivity (Wildman–Crippen MR) is 76.3 cm³/mol. The second-order valence-corrected chi connectivity index (χ2v) is 5.15. The van der Waals surface area contributed by atoms with Crippen LogP contribution in [0.25, 0.3) is 0 Å². The average molecular weight is 248 g/mol. The molecule has 0 aliphatic rings. The summed E-state index contributed by atoms with van der Waals surface area (Å²) in [6.45, 7) is 10.6. The van der Waals surface area contributed by atoms with E-state index in [1.807, 2.05) is 0 Å². The maximum absolute atomic E-state index is 11.1. The summed E-state index contributed by atoms with van der Waals surface area (Å²) in [5, 5.41) is 0. The van der Waals surface area contributed by atoms with Crippen LogP contribution in [0.5, 0.6) is 0 Å². The van der Waals surface area contributed by atoms with E-state index in [-0.39, 0.29) is 0 Å². The van der Waals surface area contributed by atoms with Crippen LogP contribution in [-0.2, 0) is 11.3 Å². The summed E-state index contributed by atoms with van der Waals surface area (Å²) >= 11 is 0. The Hall–Kier alpha value is -1.15. The molecule has 0 aromatic heterocycles. The molecular formula is C16H26NO+. The first kappa shape index (κ1) is 14.9. The summed E-state index contributed by atoms with van der Waals surface area (Å²) in [6.07, 6.45) is 1.72. The number of quaternary nitrogens is 1. The lowest BCUT2D eigenvalue weighted by Crippen LogP contribution is -2.47. The molecule has 0 saturated carbocycles. The number of hydrogen-bond donors (Lipinski definition) is 0. The van der Waals surface area contributed by atoms with Gasteiger partial charge in [-0.25, -0.2) is 0 Å². The van der Waals surface area contributed by atoms with Crippen LogP contribution in [0.15, 0.2) is 30.3 Å². The lowest BCUT2D eigenvalue weighted by Gasteiger charge is -2.37. The zero-order valence-corrected chi connectivity index (χ0v) is 12.0. The minimum absolute atomic E-state index is 0.306. The normalized spacial score (nSPS) is 11.5. The molecule has 0 heterocycles. The van der Waals surface area contributed by atoms with Crippen molar-refractivity contribution in [3.8, 4) is 0 Å². The first-order chi connectivity index (χ1) is 8.62. The smallest absolute Gasteiger partial charge is 0.130 e. The van der Waals surface area contributed by atoms with Gasteiger partial charge in [-0.1, -0.05) is 30.3 Å². The van der Waals surface area contributed by atoms with Crippen LogP contribution in [0.2, 0.25) is 0 Å². The van der Waals surface area contributed by atoms with Gasteiger partial charge in [0.2, 0.25) is 0 Å². The van der Waals surface area contributed by atoms with Crippen molar-refractivity contribution in [3.63, 3.8) is 0 Å². The SMILES string of the molecule is CC[N+](CC)(CCCC(C)=O)Cc1ccccc1. The van der Waals surface area contributed by atoms with Gasteiger partial charge in [0.25, 0.3) is 0 Å². The van der Waals surface area contributed by atoms with Crippen molar-refractivity contribution in [1.29, 1.82) is 0 Å². The van der Waals surface area contributed by atoms with Gasteiger partial charge < -0.3 is 9.28 Å². The molecule has 0 N–H and O–H groups in total. The largest absolute Gasteiger partial charge is 0.320 e. The molecule has 1 aromatic carbocycles. The van der Waals surface area contributed by atoms with Crippen molar-refractivity contribution in [2.75, 3.05) is 19.6 Å². The molecule has 0 spiro atoms. The number of Topliss-reactive ketones (excluding diaryl/α,β-unsaturated/α-hetero) is 1. The highest BCUT2D eigenvalue weighted by Crippen LogP contribution is 2.16. The van der Waals surface area contributed by atoms with E-state index in [4.69, 9.17) is 0 Å². The van der Waals surface area contributed by atoms with Gasteiger partial charge in [-0.05, 0) is 20.8 Å². The van der Waals surface area contributed by atoms with Gasteiger partial charge in [0.05, 0.1) is 19.6 Å². The molecule has 0 amide bonds. The van der Waals surface area contributed by atoms with Gasteiger partial charge in [0.1, 0.15) is 12.3 Å². The molecule has 18 heavy (non-hydrogen) atoms. The Morgan fingerprint density at radius 1 is 1.11 bits per heavy atom. The summed E-state index contributed by atoms with van der Waals surface area (Å²) in [5.41, 5.74) is 1.39. The van der Waals surface area contributed by atoms with Crippen molar-refractivity contribution in [1.82, 2.24) is 0 Å². The lowest BCUT2D eigenvalue weighted by atomic mass is 10.1. The molecule has 0 radical (unpaired) electrons. The molecule has 1 aromatic rings. The van der Waals surface area contributed by atoms with Crippen molar-refractivity contribution in [2.24, 2.45) is 0 Å². The van der Waals surface area contributed by atoms with E-state index in [0.29, 0.717) is 5.78 Å². The number of ketones is 1. The summed E-state index contributed by atoms with van der Waals surface area (Å²) in [6, 6.07) is 10.7. The third-order valence-electron chi connectivity index (χ3n) is 3.86. The Bertz CT molecular complexity index is 355. The van der Waals surface area contributed by atoms with E-state index in [1.54, 1.807) is 6.92 Å². The second-order valence-electron chi connectivity index (χ2n) is 5.15.